The Balaban J connectivity index is 1.51. The van der Waals surface area contributed by atoms with Gasteiger partial charge in [-0.05, 0) is 30.7 Å². The van der Waals surface area contributed by atoms with Crippen molar-refractivity contribution < 1.29 is 14.3 Å². The summed E-state index contributed by atoms with van der Waals surface area (Å²) in [5, 5.41) is 3.33. The predicted octanol–water partition coefficient (Wildman–Crippen LogP) is 3.90. The average molecular weight is 318 g/mol. The van der Waals surface area contributed by atoms with E-state index >= 15 is 0 Å². The van der Waals surface area contributed by atoms with E-state index in [2.05, 4.69) is 5.32 Å². The number of nitrogens with one attached hydrogen (secondary N) is 1. The zero-order valence-electron chi connectivity index (χ0n) is 11.9. The van der Waals surface area contributed by atoms with Crippen LogP contribution in [-0.2, 0) is 4.79 Å². The Labute approximate surface area is 134 Å². The Morgan fingerprint density at radius 1 is 1.14 bits per heavy atom. The van der Waals surface area contributed by atoms with Gasteiger partial charge in [0.1, 0.15) is 12.7 Å². The Kier molecular flexibility index (Phi) is 4.49. The summed E-state index contributed by atoms with van der Waals surface area (Å²) < 4.78 is 11.5. The highest BCUT2D eigenvalue weighted by atomic mass is 35.5. The number of rotatable bonds is 4. The quantitative estimate of drug-likeness (QED) is 0.930. The number of para-hydroxylation sites is 3. The molecule has 0 bridgehead atoms. The molecule has 5 heteroatoms. The SMILES string of the molecule is O=C(CCC1COc2ccccc2O1)Nc1ccccc1Cl. The van der Waals surface area contributed by atoms with Gasteiger partial charge < -0.3 is 14.8 Å². The second kappa shape index (κ2) is 6.71. The van der Waals surface area contributed by atoms with Gasteiger partial charge in [-0.25, -0.2) is 0 Å². The number of hydrogen-bond acceptors (Lipinski definition) is 3. The smallest absolute Gasteiger partial charge is 0.224 e. The zero-order valence-corrected chi connectivity index (χ0v) is 12.7. The molecule has 0 radical (unpaired) electrons. The summed E-state index contributed by atoms with van der Waals surface area (Å²) in [6.07, 6.45) is 0.818. The van der Waals surface area contributed by atoms with Crippen LogP contribution in [0.1, 0.15) is 12.8 Å². The Morgan fingerprint density at radius 3 is 2.68 bits per heavy atom. The molecule has 114 valence electrons. The van der Waals surface area contributed by atoms with Crippen molar-refractivity contribution in [1.82, 2.24) is 0 Å². The Morgan fingerprint density at radius 2 is 1.86 bits per heavy atom. The molecule has 0 spiro atoms. The third-order valence-electron chi connectivity index (χ3n) is 3.41. The molecule has 22 heavy (non-hydrogen) atoms. The molecular weight excluding hydrogens is 302 g/mol. The van der Waals surface area contributed by atoms with Crippen molar-refractivity contribution >= 4 is 23.2 Å². The molecule has 1 atom stereocenters. The molecule has 4 nitrogen and oxygen atoms in total. The largest absolute Gasteiger partial charge is 0.486 e. The molecule has 0 aliphatic carbocycles. The van der Waals surface area contributed by atoms with E-state index < -0.39 is 0 Å². The summed E-state index contributed by atoms with van der Waals surface area (Å²) in [7, 11) is 0. The molecule has 1 heterocycles. The Hall–Kier alpha value is -2.20. The molecule has 1 aliphatic heterocycles. The molecule has 0 fully saturated rings. The third kappa shape index (κ3) is 3.52. The maximum Gasteiger partial charge on any atom is 0.224 e. The van der Waals surface area contributed by atoms with E-state index in [1.807, 2.05) is 36.4 Å². The summed E-state index contributed by atoms with van der Waals surface area (Å²) in [4.78, 5) is 12.0. The van der Waals surface area contributed by atoms with Crippen molar-refractivity contribution in [3.8, 4) is 11.5 Å². The minimum absolute atomic E-state index is 0.0874. The zero-order chi connectivity index (χ0) is 15.4. The van der Waals surface area contributed by atoms with E-state index in [1.165, 1.54) is 0 Å². The summed E-state index contributed by atoms with van der Waals surface area (Å²) >= 11 is 6.01. The van der Waals surface area contributed by atoms with Crippen molar-refractivity contribution in [2.75, 3.05) is 11.9 Å². The van der Waals surface area contributed by atoms with Gasteiger partial charge in [0.15, 0.2) is 11.5 Å². The number of carbonyl (C=O) groups excluding carboxylic acids is 1. The van der Waals surface area contributed by atoms with Crippen LogP contribution in [0, 0.1) is 0 Å². The average Bonchev–Trinajstić information content (AvgIpc) is 2.55. The van der Waals surface area contributed by atoms with Crippen molar-refractivity contribution in [2.24, 2.45) is 0 Å². The van der Waals surface area contributed by atoms with Gasteiger partial charge in [-0.15, -0.1) is 0 Å². The standard InChI is InChI=1S/C17H16ClNO3/c18-13-5-1-2-6-14(13)19-17(20)10-9-12-11-21-15-7-3-4-8-16(15)22-12/h1-8,12H,9-11H2,(H,19,20). The van der Waals surface area contributed by atoms with Crippen molar-refractivity contribution in [3.05, 3.63) is 53.6 Å². The van der Waals surface area contributed by atoms with Gasteiger partial charge in [-0.1, -0.05) is 35.9 Å². The van der Waals surface area contributed by atoms with Gasteiger partial charge in [0.25, 0.3) is 0 Å². The highest BCUT2D eigenvalue weighted by molar-refractivity contribution is 6.33. The number of anilines is 1. The summed E-state index contributed by atoms with van der Waals surface area (Å²) in [6.45, 7) is 0.455. The van der Waals surface area contributed by atoms with Crippen molar-refractivity contribution in [1.29, 1.82) is 0 Å². The minimum atomic E-state index is -0.119. The van der Waals surface area contributed by atoms with E-state index in [9.17, 15) is 4.79 Å². The fourth-order valence-corrected chi connectivity index (χ4v) is 2.46. The highest BCUT2D eigenvalue weighted by Gasteiger charge is 2.21. The molecule has 1 unspecified atom stereocenters. The van der Waals surface area contributed by atoms with E-state index in [1.54, 1.807) is 12.1 Å². The van der Waals surface area contributed by atoms with Crippen LogP contribution in [0.3, 0.4) is 0 Å². The predicted molar refractivity (Wildman–Crippen MR) is 85.7 cm³/mol. The molecule has 2 aromatic carbocycles. The van der Waals surface area contributed by atoms with Crippen molar-refractivity contribution in [3.63, 3.8) is 0 Å². The van der Waals surface area contributed by atoms with Crippen LogP contribution < -0.4 is 14.8 Å². The number of halogens is 1. The lowest BCUT2D eigenvalue weighted by atomic mass is 10.1. The first-order valence-electron chi connectivity index (χ1n) is 7.15. The number of benzene rings is 2. The van der Waals surface area contributed by atoms with Crippen molar-refractivity contribution in [2.45, 2.75) is 18.9 Å². The fraction of sp³-hybridized carbons (Fsp3) is 0.235. The van der Waals surface area contributed by atoms with Crippen LogP contribution in [0.5, 0.6) is 11.5 Å². The van der Waals surface area contributed by atoms with Crippen LogP contribution in [0.25, 0.3) is 0 Å². The van der Waals surface area contributed by atoms with Gasteiger partial charge in [-0.3, -0.25) is 4.79 Å². The van der Waals surface area contributed by atoms with Gasteiger partial charge in [0, 0.05) is 6.42 Å². The monoisotopic (exact) mass is 317 g/mol. The lowest BCUT2D eigenvalue weighted by Gasteiger charge is -2.26. The van der Waals surface area contributed by atoms with Crippen LogP contribution in [0.4, 0.5) is 5.69 Å². The van der Waals surface area contributed by atoms with Gasteiger partial charge in [0.05, 0.1) is 10.7 Å². The van der Waals surface area contributed by atoms with Crippen LogP contribution in [0.15, 0.2) is 48.5 Å². The number of fused-ring (bicyclic) bond motifs is 1. The van der Waals surface area contributed by atoms with Crippen LogP contribution in [-0.4, -0.2) is 18.6 Å². The lowest BCUT2D eigenvalue weighted by Crippen LogP contribution is -2.30. The molecule has 0 saturated heterocycles. The lowest BCUT2D eigenvalue weighted by molar-refractivity contribution is -0.116. The fourth-order valence-electron chi connectivity index (χ4n) is 2.27. The van der Waals surface area contributed by atoms with Crippen LogP contribution >= 0.6 is 11.6 Å². The third-order valence-corrected chi connectivity index (χ3v) is 3.74. The van der Waals surface area contributed by atoms with Gasteiger partial charge in [-0.2, -0.15) is 0 Å². The highest BCUT2D eigenvalue weighted by Crippen LogP contribution is 2.31. The van der Waals surface area contributed by atoms with E-state index in [0.29, 0.717) is 30.2 Å². The normalized spacial score (nSPS) is 16.1. The molecule has 1 amide bonds. The summed E-state index contributed by atoms with van der Waals surface area (Å²) in [6, 6.07) is 14.7. The number of hydrogen-bond donors (Lipinski definition) is 1. The first kappa shape index (κ1) is 14.7. The van der Waals surface area contributed by atoms with E-state index in [-0.39, 0.29) is 12.0 Å². The van der Waals surface area contributed by atoms with Gasteiger partial charge in [0.2, 0.25) is 5.91 Å². The first-order valence-corrected chi connectivity index (χ1v) is 7.53. The maximum absolute atomic E-state index is 12.0. The minimum Gasteiger partial charge on any atom is -0.486 e. The van der Waals surface area contributed by atoms with Gasteiger partial charge >= 0.3 is 0 Å². The molecule has 0 aromatic heterocycles. The number of carbonyl (C=O) groups is 1. The molecule has 3 rings (SSSR count). The molecular formula is C17H16ClNO3. The van der Waals surface area contributed by atoms with E-state index in [0.717, 1.165) is 11.5 Å². The van der Waals surface area contributed by atoms with Crippen LogP contribution in [0.2, 0.25) is 5.02 Å². The van der Waals surface area contributed by atoms with E-state index in [4.69, 9.17) is 21.1 Å². The topological polar surface area (TPSA) is 47.6 Å². The summed E-state index contributed by atoms with van der Waals surface area (Å²) in [5.74, 6) is 1.39. The second-order valence-corrected chi connectivity index (χ2v) is 5.47. The molecule has 0 saturated carbocycles. The first-order chi connectivity index (χ1) is 10.7. The number of amides is 1. The Bertz CT molecular complexity index is 674. The summed E-state index contributed by atoms with van der Waals surface area (Å²) in [5.41, 5.74) is 0.625. The second-order valence-electron chi connectivity index (χ2n) is 5.06. The number of ether oxygens (including phenoxy) is 2. The maximum atomic E-state index is 12.0. The molecule has 1 aliphatic rings. The molecule has 2 aromatic rings. The molecule has 1 N–H and O–H groups in total.